The second kappa shape index (κ2) is 7.65. The number of nitrogens with zero attached hydrogens (tertiary/aromatic N) is 2. The maximum atomic E-state index is 13.2. The Morgan fingerprint density at radius 1 is 1.19 bits per heavy atom. The summed E-state index contributed by atoms with van der Waals surface area (Å²) in [6.07, 6.45) is 0. The van der Waals surface area contributed by atoms with Crippen LogP contribution in [0.25, 0.3) is 10.9 Å². The van der Waals surface area contributed by atoms with Crippen LogP contribution < -0.4 is 10.9 Å². The molecule has 0 bridgehead atoms. The van der Waals surface area contributed by atoms with Crippen LogP contribution in [0.3, 0.4) is 0 Å². The van der Waals surface area contributed by atoms with Crippen molar-refractivity contribution in [1.82, 2.24) is 9.55 Å². The Morgan fingerprint density at radius 3 is 2.58 bits per heavy atom. The van der Waals surface area contributed by atoms with Crippen molar-refractivity contribution in [1.29, 1.82) is 0 Å². The van der Waals surface area contributed by atoms with E-state index in [4.69, 9.17) is 0 Å². The third-order valence-corrected chi connectivity index (χ3v) is 4.60. The van der Waals surface area contributed by atoms with Gasteiger partial charge in [-0.05, 0) is 31.2 Å². The molecule has 8 heteroatoms. The summed E-state index contributed by atoms with van der Waals surface area (Å²) < 4.78 is 27.8. The van der Waals surface area contributed by atoms with Gasteiger partial charge in [-0.25, -0.2) is 13.8 Å². The number of hydrogen-bond donors (Lipinski definition) is 1. The number of amides is 1. The van der Waals surface area contributed by atoms with Gasteiger partial charge in [0.25, 0.3) is 5.56 Å². The van der Waals surface area contributed by atoms with Crippen molar-refractivity contribution in [3.63, 3.8) is 0 Å². The molecule has 3 aromatic rings. The van der Waals surface area contributed by atoms with Gasteiger partial charge in [0.1, 0.15) is 11.6 Å². The predicted octanol–water partition coefficient (Wildman–Crippen LogP) is 3.43. The lowest BCUT2D eigenvalue weighted by atomic mass is 10.2. The van der Waals surface area contributed by atoms with Crippen molar-refractivity contribution in [2.75, 3.05) is 11.1 Å². The van der Waals surface area contributed by atoms with Crippen LogP contribution >= 0.6 is 11.8 Å². The lowest BCUT2D eigenvalue weighted by Crippen LogP contribution is -2.23. The maximum Gasteiger partial charge on any atom is 0.262 e. The van der Waals surface area contributed by atoms with E-state index >= 15 is 0 Å². The number of benzene rings is 2. The average Bonchev–Trinajstić information content (AvgIpc) is 2.59. The van der Waals surface area contributed by atoms with Gasteiger partial charge in [-0.2, -0.15) is 0 Å². The number of rotatable bonds is 5. The smallest absolute Gasteiger partial charge is 0.262 e. The lowest BCUT2D eigenvalue weighted by Gasteiger charge is -2.11. The first-order chi connectivity index (χ1) is 12.5. The van der Waals surface area contributed by atoms with Crippen LogP contribution in [0.2, 0.25) is 0 Å². The van der Waals surface area contributed by atoms with Crippen molar-refractivity contribution in [2.45, 2.75) is 18.6 Å². The highest BCUT2D eigenvalue weighted by atomic mass is 32.2. The minimum atomic E-state index is -0.774. The van der Waals surface area contributed by atoms with Crippen LogP contribution in [0, 0.1) is 11.6 Å². The summed E-state index contributed by atoms with van der Waals surface area (Å²) in [6.45, 7) is 2.23. The van der Waals surface area contributed by atoms with Gasteiger partial charge in [0.05, 0.1) is 16.7 Å². The third kappa shape index (κ3) is 3.91. The second-order valence-corrected chi connectivity index (χ2v) is 6.40. The molecule has 134 valence electrons. The van der Waals surface area contributed by atoms with Crippen molar-refractivity contribution >= 4 is 34.3 Å². The monoisotopic (exact) mass is 375 g/mol. The Labute approximate surface area is 152 Å². The minimum absolute atomic E-state index is 0.0347. The molecule has 0 aliphatic rings. The summed E-state index contributed by atoms with van der Waals surface area (Å²) in [5, 5.41) is 3.35. The van der Waals surface area contributed by atoms with E-state index in [-0.39, 0.29) is 17.0 Å². The highest BCUT2D eigenvalue weighted by molar-refractivity contribution is 7.99. The van der Waals surface area contributed by atoms with Gasteiger partial charge in [-0.1, -0.05) is 23.9 Å². The quantitative estimate of drug-likeness (QED) is 0.548. The van der Waals surface area contributed by atoms with E-state index in [1.54, 1.807) is 24.3 Å². The standard InChI is InChI=1S/C18H15F2N3O2S/c1-2-23-17(25)14-5-3-4-6-15(14)22-18(23)26-10-16(24)21-13-8-11(19)7-12(20)9-13/h3-9H,2,10H2,1H3,(H,21,24). The second-order valence-electron chi connectivity index (χ2n) is 5.46. The van der Waals surface area contributed by atoms with Gasteiger partial charge >= 0.3 is 0 Å². The molecular formula is C18H15F2N3O2S. The maximum absolute atomic E-state index is 13.2. The van der Waals surface area contributed by atoms with E-state index in [1.165, 1.54) is 4.57 Å². The van der Waals surface area contributed by atoms with Crippen LogP contribution in [-0.4, -0.2) is 21.2 Å². The molecule has 0 fully saturated rings. The molecule has 1 heterocycles. The van der Waals surface area contributed by atoms with Crippen molar-refractivity contribution in [3.8, 4) is 0 Å². The van der Waals surface area contributed by atoms with Crippen molar-refractivity contribution in [2.24, 2.45) is 0 Å². The van der Waals surface area contributed by atoms with E-state index in [2.05, 4.69) is 10.3 Å². The fourth-order valence-electron chi connectivity index (χ4n) is 2.49. The van der Waals surface area contributed by atoms with Gasteiger partial charge in [0.2, 0.25) is 5.91 Å². The van der Waals surface area contributed by atoms with Crippen LogP contribution in [0.15, 0.2) is 52.4 Å². The SMILES string of the molecule is CCn1c(SCC(=O)Nc2cc(F)cc(F)c2)nc2ccccc2c1=O. The fraction of sp³-hybridized carbons (Fsp3) is 0.167. The zero-order valence-electron chi connectivity index (χ0n) is 13.8. The van der Waals surface area contributed by atoms with E-state index in [0.717, 1.165) is 30.0 Å². The molecule has 0 aliphatic carbocycles. The van der Waals surface area contributed by atoms with Gasteiger partial charge in [-0.15, -0.1) is 0 Å². The summed E-state index contributed by atoms with van der Waals surface area (Å²) >= 11 is 1.09. The lowest BCUT2D eigenvalue weighted by molar-refractivity contribution is -0.113. The highest BCUT2D eigenvalue weighted by Gasteiger charge is 2.12. The molecule has 0 aliphatic heterocycles. The number of aromatic nitrogens is 2. The van der Waals surface area contributed by atoms with Gasteiger partial charge in [-0.3, -0.25) is 14.2 Å². The topological polar surface area (TPSA) is 64.0 Å². The molecular weight excluding hydrogens is 360 g/mol. The number of hydrogen-bond acceptors (Lipinski definition) is 4. The molecule has 1 aromatic heterocycles. The van der Waals surface area contributed by atoms with Crippen molar-refractivity contribution < 1.29 is 13.6 Å². The summed E-state index contributed by atoms with van der Waals surface area (Å²) in [5.41, 5.74) is 0.415. The molecule has 5 nitrogen and oxygen atoms in total. The van der Waals surface area contributed by atoms with Crippen LogP contribution in [0.5, 0.6) is 0 Å². The summed E-state index contributed by atoms with van der Waals surface area (Å²) in [7, 11) is 0. The Bertz CT molecular complexity index is 1020. The van der Waals surface area contributed by atoms with E-state index in [0.29, 0.717) is 22.6 Å². The number of carbonyl (C=O) groups excluding carboxylic acids is 1. The zero-order chi connectivity index (χ0) is 18.7. The first kappa shape index (κ1) is 18.1. The normalized spacial score (nSPS) is 10.9. The Hall–Kier alpha value is -2.74. The van der Waals surface area contributed by atoms with Gasteiger partial charge < -0.3 is 5.32 Å². The number of nitrogens with one attached hydrogen (secondary N) is 1. The van der Waals surface area contributed by atoms with Crippen LogP contribution in [0.4, 0.5) is 14.5 Å². The zero-order valence-corrected chi connectivity index (χ0v) is 14.6. The average molecular weight is 375 g/mol. The number of fused-ring (bicyclic) bond motifs is 1. The highest BCUT2D eigenvalue weighted by Crippen LogP contribution is 2.19. The van der Waals surface area contributed by atoms with Crippen LogP contribution in [0.1, 0.15) is 6.92 Å². The van der Waals surface area contributed by atoms with E-state index in [1.807, 2.05) is 6.92 Å². The Balaban J connectivity index is 1.78. The first-order valence-electron chi connectivity index (χ1n) is 7.86. The Kier molecular flexibility index (Phi) is 5.32. The molecule has 0 saturated carbocycles. The van der Waals surface area contributed by atoms with Crippen LogP contribution in [-0.2, 0) is 11.3 Å². The van der Waals surface area contributed by atoms with E-state index in [9.17, 15) is 18.4 Å². The molecule has 26 heavy (non-hydrogen) atoms. The van der Waals surface area contributed by atoms with E-state index < -0.39 is 17.5 Å². The summed E-state index contributed by atoms with van der Waals surface area (Å²) in [5.74, 6) is -2.05. The Morgan fingerprint density at radius 2 is 1.88 bits per heavy atom. The number of carbonyl (C=O) groups is 1. The number of anilines is 1. The van der Waals surface area contributed by atoms with Gasteiger partial charge in [0, 0.05) is 18.3 Å². The molecule has 2 aromatic carbocycles. The molecule has 0 spiro atoms. The third-order valence-electron chi connectivity index (χ3n) is 3.62. The largest absolute Gasteiger partial charge is 0.325 e. The molecule has 0 unspecified atom stereocenters. The molecule has 3 rings (SSSR count). The van der Waals surface area contributed by atoms with Gasteiger partial charge in [0.15, 0.2) is 5.16 Å². The number of para-hydroxylation sites is 1. The predicted molar refractivity (Wildman–Crippen MR) is 97.4 cm³/mol. The molecule has 0 saturated heterocycles. The molecule has 0 atom stereocenters. The fourth-order valence-corrected chi connectivity index (χ4v) is 3.35. The summed E-state index contributed by atoms with van der Waals surface area (Å²) in [6, 6.07) is 9.77. The minimum Gasteiger partial charge on any atom is -0.325 e. The first-order valence-corrected chi connectivity index (χ1v) is 8.85. The van der Waals surface area contributed by atoms with Crippen molar-refractivity contribution in [3.05, 3.63) is 64.5 Å². The molecule has 1 N–H and O–H groups in total. The number of halogens is 2. The molecule has 1 amide bonds. The number of thioether (sulfide) groups is 1. The molecule has 0 radical (unpaired) electrons. The summed E-state index contributed by atoms with van der Waals surface area (Å²) in [4.78, 5) is 29.0.